The smallest absolute Gasteiger partial charge is 0.303 e. The minimum Gasteiger partial charge on any atom is -0.481 e. The third kappa shape index (κ3) is 4.53. The van der Waals surface area contributed by atoms with Crippen molar-refractivity contribution in [2.45, 2.75) is 31.7 Å². The van der Waals surface area contributed by atoms with Gasteiger partial charge in [0, 0.05) is 19.0 Å². The fourth-order valence-electron chi connectivity index (χ4n) is 2.06. The predicted octanol–water partition coefficient (Wildman–Crippen LogP) is 2.56. The number of benzene rings is 1. The SMILES string of the molecule is O=C(O)CCC(=O)N(CC=Cc1ccccc1)C1CC1. The maximum Gasteiger partial charge on any atom is 0.303 e. The number of amides is 1. The second-order valence-electron chi connectivity index (χ2n) is 4.98. The molecule has 0 bridgehead atoms. The molecule has 1 N–H and O–H groups in total. The molecule has 1 amide bonds. The van der Waals surface area contributed by atoms with Gasteiger partial charge in [0.05, 0.1) is 6.42 Å². The lowest BCUT2D eigenvalue weighted by molar-refractivity contribution is -0.140. The molecule has 1 aromatic rings. The van der Waals surface area contributed by atoms with Gasteiger partial charge in [-0.3, -0.25) is 9.59 Å². The van der Waals surface area contributed by atoms with Gasteiger partial charge < -0.3 is 10.0 Å². The van der Waals surface area contributed by atoms with Crippen molar-refractivity contribution in [1.29, 1.82) is 0 Å². The monoisotopic (exact) mass is 273 g/mol. The summed E-state index contributed by atoms with van der Waals surface area (Å²) in [6.07, 6.45) is 6.00. The van der Waals surface area contributed by atoms with Gasteiger partial charge in [-0.25, -0.2) is 0 Å². The number of carboxylic acid groups (broad SMARTS) is 1. The van der Waals surface area contributed by atoms with Crippen molar-refractivity contribution in [2.75, 3.05) is 6.54 Å². The fourth-order valence-corrected chi connectivity index (χ4v) is 2.06. The van der Waals surface area contributed by atoms with E-state index in [0.29, 0.717) is 12.6 Å². The lowest BCUT2D eigenvalue weighted by Gasteiger charge is -2.20. The van der Waals surface area contributed by atoms with Gasteiger partial charge in [0.25, 0.3) is 0 Å². The van der Waals surface area contributed by atoms with Crippen molar-refractivity contribution < 1.29 is 14.7 Å². The Morgan fingerprint density at radius 3 is 2.50 bits per heavy atom. The molecule has 20 heavy (non-hydrogen) atoms. The van der Waals surface area contributed by atoms with Crippen molar-refractivity contribution in [1.82, 2.24) is 4.90 Å². The Bertz CT molecular complexity index is 492. The molecule has 1 aliphatic carbocycles. The Hall–Kier alpha value is -2.10. The van der Waals surface area contributed by atoms with Crippen LogP contribution >= 0.6 is 0 Å². The molecule has 4 nitrogen and oxygen atoms in total. The first-order valence-electron chi connectivity index (χ1n) is 6.89. The second kappa shape index (κ2) is 6.89. The zero-order valence-corrected chi connectivity index (χ0v) is 11.4. The number of aliphatic carboxylic acids is 1. The van der Waals surface area contributed by atoms with Gasteiger partial charge in [-0.1, -0.05) is 42.5 Å². The maximum absolute atomic E-state index is 12.0. The predicted molar refractivity (Wildman–Crippen MR) is 77.1 cm³/mol. The minimum absolute atomic E-state index is 0.0624. The Morgan fingerprint density at radius 1 is 1.20 bits per heavy atom. The summed E-state index contributed by atoms with van der Waals surface area (Å²) >= 11 is 0. The third-order valence-corrected chi connectivity index (χ3v) is 3.27. The van der Waals surface area contributed by atoms with E-state index in [0.717, 1.165) is 18.4 Å². The number of hydrogen-bond acceptors (Lipinski definition) is 2. The van der Waals surface area contributed by atoms with Crippen LogP contribution in [0.1, 0.15) is 31.2 Å². The van der Waals surface area contributed by atoms with E-state index in [9.17, 15) is 9.59 Å². The normalized spacial score (nSPS) is 14.4. The summed E-state index contributed by atoms with van der Waals surface area (Å²) in [6.45, 7) is 0.554. The van der Waals surface area contributed by atoms with Crippen molar-refractivity contribution >= 4 is 18.0 Å². The molecule has 2 rings (SSSR count). The Balaban J connectivity index is 1.88. The molecule has 0 aromatic heterocycles. The topological polar surface area (TPSA) is 57.6 Å². The zero-order valence-electron chi connectivity index (χ0n) is 11.4. The second-order valence-corrected chi connectivity index (χ2v) is 4.98. The van der Waals surface area contributed by atoms with E-state index in [1.807, 2.05) is 42.5 Å². The standard InChI is InChI=1S/C16H19NO3/c18-15(10-11-16(19)20)17(14-8-9-14)12-4-7-13-5-2-1-3-6-13/h1-7,14H,8-12H2,(H,19,20). The maximum atomic E-state index is 12.0. The number of rotatable bonds is 7. The molecule has 0 spiro atoms. The molecule has 1 aliphatic rings. The summed E-state index contributed by atoms with van der Waals surface area (Å²) in [4.78, 5) is 24.3. The summed E-state index contributed by atoms with van der Waals surface area (Å²) in [6, 6.07) is 10.2. The highest BCUT2D eigenvalue weighted by Crippen LogP contribution is 2.27. The van der Waals surface area contributed by atoms with Crippen LogP contribution in [0.4, 0.5) is 0 Å². The van der Waals surface area contributed by atoms with Crippen LogP contribution in [0.2, 0.25) is 0 Å². The van der Waals surface area contributed by atoms with Crippen LogP contribution in [-0.2, 0) is 9.59 Å². The van der Waals surface area contributed by atoms with Crippen LogP contribution in [-0.4, -0.2) is 34.5 Å². The van der Waals surface area contributed by atoms with Gasteiger partial charge in [-0.2, -0.15) is 0 Å². The zero-order chi connectivity index (χ0) is 14.4. The lowest BCUT2D eigenvalue weighted by Crippen LogP contribution is -2.33. The molecule has 1 fully saturated rings. The Kier molecular flexibility index (Phi) is 4.93. The number of carbonyl (C=O) groups is 2. The number of hydrogen-bond donors (Lipinski definition) is 1. The Labute approximate surface area is 118 Å². The van der Waals surface area contributed by atoms with E-state index >= 15 is 0 Å². The molecular formula is C16H19NO3. The molecule has 4 heteroatoms. The molecular weight excluding hydrogens is 254 g/mol. The summed E-state index contributed by atoms with van der Waals surface area (Å²) in [5.74, 6) is -0.985. The van der Waals surface area contributed by atoms with Gasteiger partial charge in [0.15, 0.2) is 0 Å². The summed E-state index contributed by atoms with van der Waals surface area (Å²) in [7, 11) is 0. The number of carboxylic acids is 1. The van der Waals surface area contributed by atoms with Crippen LogP contribution in [0.15, 0.2) is 36.4 Å². The van der Waals surface area contributed by atoms with Crippen LogP contribution in [0.3, 0.4) is 0 Å². The highest BCUT2D eigenvalue weighted by atomic mass is 16.4. The summed E-state index contributed by atoms with van der Waals surface area (Å²) in [5.41, 5.74) is 1.10. The quantitative estimate of drug-likeness (QED) is 0.830. The fraction of sp³-hybridized carbons (Fsp3) is 0.375. The van der Waals surface area contributed by atoms with Gasteiger partial charge in [0.2, 0.25) is 5.91 Å². The van der Waals surface area contributed by atoms with Crippen LogP contribution in [0, 0.1) is 0 Å². The molecule has 0 atom stereocenters. The van der Waals surface area contributed by atoms with E-state index in [-0.39, 0.29) is 18.7 Å². The molecule has 0 heterocycles. The molecule has 0 aliphatic heterocycles. The van der Waals surface area contributed by atoms with E-state index in [1.165, 1.54) is 0 Å². The first-order valence-corrected chi connectivity index (χ1v) is 6.89. The first-order chi connectivity index (χ1) is 9.66. The van der Waals surface area contributed by atoms with Gasteiger partial charge in [-0.15, -0.1) is 0 Å². The van der Waals surface area contributed by atoms with E-state index in [1.54, 1.807) is 4.90 Å². The average Bonchev–Trinajstić information content (AvgIpc) is 3.26. The first kappa shape index (κ1) is 14.3. The summed E-state index contributed by atoms with van der Waals surface area (Å²) < 4.78 is 0. The molecule has 0 unspecified atom stereocenters. The van der Waals surface area contributed by atoms with Crippen molar-refractivity contribution in [3.63, 3.8) is 0 Å². The molecule has 106 valence electrons. The largest absolute Gasteiger partial charge is 0.481 e. The molecule has 1 saturated carbocycles. The van der Waals surface area contributed by atoms with Crippen LogP contribution in [0.5, 0.6) is 0 Å². The highest BCUT2D eigenvalue weighted by molar-refractivity contribution is 5.81. The molecule has 0 saturated heterocycles. The van der Waals surface area contributed by atoms with Crippen molar-refractivity contribution in [3.8, 4) is 0 Å². The van der Waals surface area contributed by atoms with Crippen LogP contribution < -0.4 is 0 Å². The number of carbonyl (C=O) groups excluding carboxylic acids is 1. The van der Waals surface area contributed by atoms with Crippen molar-refractivity contribution in [2.24, 2.45) is 0 Å². The van der Waals surface area contributed by atoms with Gasteiger partial charge in [0.1, 0.15) is 0 Å². The molecule has 1 aromatic carbocycles. The van der Waals surface area contributed by atoms with Crippen molar-refractivity contribution in [3.05, 3.63) is 42.0 Å². The molecule has 0 radical (unpaired) electrons. The van der Waals surface area contributed by atoms with Gasteiger partial charge in [-0.05, 0) is 18.4 Å². The third-order valence-electron chi connectivity index (χ3n) is 3.27. The minimum atomic E-state index is -0.922. The summed E-state index contributed by atoms with van der Waals surface area (Å²) in [5, 5.41) is 8.64. The van der Waals surface area contributed by atoms with E-state index in [2.05, 4.69) is 0 Å². The lowest BCUT2D eigenvalue weighted by atomic mass is 10.2. The van der Waals surface area contributed by atoms with E-state index in [4.69, 9.17) is 5.11 Å². The van der Waals surface area contributed by atoms with E-state index < -0.39 is 5.97 Å². The Morgan fingerprint density at radius 2 is 1.90 bits per heavy atom. The van der Waals surface area contributed by atoms with Gasteiger partial charge >= 0.3 is 5.97 Å². The van der Waals surface area contributed by atoms with Crippen LogP contribution in [0.25, 0.3) is 6.08 Å². The highest BCUT2D eigenvalue weighted by Gasteiger charge is 2.31. The number of nitrogens with zero attached hydrogens (tertiary/aromatic N) is 1. The average molecular weight is 273 g/mol.